The molecule has 4 heteroatoms. The minimum Gasteiger partial charge on any atom is -0.493 e. The van der Waals surface area contributed by atoms with Crippen molar-refractivity contribution in [3.05, 3.63) is 201 Å². The van der Waals surface area contributed by atoms with Gasteiger partial charge in [-0.05, 0) is 190 Å². The molecule has 0 aromatic heterocycles. The van der Waals surface area contributed by atoms with Crippen LogP contribution in [0.15, 0.2) is 146 Å². The second-order valence-corrected chi connectivity index (χ2v) is 37.8. The van der Waals surface area contributed by atoms with Gasteiger partial charge in [-0.1, -0.05) is 354 Å². The molecule has 7 aliphatic rings. The number of ketones is 1. The number of carbonyl (C=O) groups is 1. The van der Waals surface area contributed by atoms with Gasteiger partial charge in [0.25, 0.3) is 0 Å². The van der Waals surface area contributed by atoms with Crippen molar-refractivity contribution in [2.24, 2.45) is 93.7 Å². The number of hydrogen-bond acceptors (Lipinski definition) is 4. The summed E-state index contributed by atoms with van der Waals surface area (Å²) >= 11 is 0. The van der Waals surface area contributed by atoms with Crippen LogP contribution in [0.2, 0.25) is 0 Å². The van der Waals surface area contributed by atoms with E-state index in [4.69, 9.17) is 14.2 Å². The minimum absolute atomic E-state index is 0. The molecule has 0 amide bonds. The van der Waals surface area contributed by atoms with Crippen LogP contribution in [0.25, 0.3) is 0 Å². The maximum absolute atomic E-state index is 12.1. The Balaban J connectivity index is 0.000000194. The Morgan fingerprint density at radius 2 is 0.623 bits per heavy atom. The molecule has 6 aromatic carbocycles. The molecule has 0 saturated heterocycles. The number of carbonyl (C=O) groups excluding carboxylic acids is 1. The number of fused-ring (bicyclic) bond motifs is 6. The fraction of sp³-hybridized carbons (Fsp3) is 0.637. The van der Waals surface area contributed by atoms with E-state index in [0.29, 0.717) is 75.8 Å². The number of aryl methyl sites for hydroxylation is 1. The van der Waals surface area contributed by atoms with Crippen molar-refractivity contribution in [1.82, 2.24) is 0 Å². The summed E-state index contributed by atoms with van der Waals surface area (Å²) in [5.41, 5.74) is 16.6. The average Bonchev–Trinajstić information content (AvgIpc) is 1.48. The predicted octanol–water partition coefficient (Wildman–Crippen LogP) is 28.4. The molecule has 4 nitrogen and oxygen atoms in total. The highest BCUT2D eigenvalue weighted by Gasteiger charge is 2.50. The van der Waals surface area contributed by atoms with Crippen LogP contribution in [0.1, 0.15) is 313 Å². The van der Waals surface area contributed by atoms with Crippen molar-refractivity contribution >= 4 is 5.78 Å². The molecule has 1 fully saturated rings. The van der Waals surface area contributed by atoms with E-state index in [0.717, 1.165) is 85.4 Å². The van der Waals surface area contributed by atoms with Crippen molar-refractivity contribution in [2.45, 2.75) is 306 Å². The molecule has 1 saturated carbocycles. The molecule has 4 aliphatic carbocycles. The largest absolute Gasteiger partial charge is 0.493 e. The van der Waals surface area contributed by atoms with Crippen molar-refractivity contribution in [1.29, 1.82) is 0 Å². The molecular formula is C102H156O4. The SMILES string of the molecule is C.CC(C)C1(C(C)C)CC(=O)c2ccccc21.CC(C)C1(C(C)C)CCCCC1.CC(C)C1(C(C)C)CCOc2ccccc21.CC(C)C1(C(C)C)CCc2ccccc21.CC(C)C1(C(C)C)COCc2ccccc21.CC(C)C1(C(C)C)COc2ccccc21.CC(C)C1(C(C)C)Cc2ccccc2C1. The van der Waals surface area contributed by atoms with Crippen molar-refractivity contribution < 1.29 is 19.0 Å². The molecule has 0 bridgehead atoms. The van der Waals surface area contributed by atoms with Gasteiger partial charge in [-0.3, -0.25) is 4.79 Å². The lowest BCUT2D eigenvalue weighted by Crippen LogP contribution is -2.45. The van der Waals surface area contributed by atoms with E-state index in [9.17, 15) is 4.79 Å². The quantitative estimate of drug-likeness (QED) is 0.109. The molecule has 0 spiro atoms. The number of hydrogen-bond donors (Lipinski definition) is 0. The Kier molecular flexibility index (Phi) is 32.0. The summed E-state index contributed by atoms with van der Waals surface area (Å²) in [6, 6.07) is 51.9. The van der Waals surface area contributed by atoms with Crippen LogP contribution in [-0.4, -0.2) is 25.6 Å². The predicted molar refractivity (Wildman–Crippen MR) is 459 cm³/mol. The normalized spacial score (nSPS) is 18.8. The lowest BCUT2D eigenvalue weighted by atomic mass is 9.61. The van der Waals surface area contributed by atoms with Crippen LogP contribution in [0.5, 0.6) is 11.5 Å². The van der Waals surface area contributed by atoms with Crippen molar-refractivity contribution in [2.75, 3.05) is 19.8 Å². The first kappa shape index (κ1) is 89.4. The van der Waals surface area contributed by atoms with Crippen molar-refractivity contribution in [3.63, 3.8) is 0 Å². The van der Waals surface area contributed by atoms with E-state index in [1.165, 1.54) is 85.6 Å². The van der Waals surface area contributed by atoms with Crippen LogP contribution >= 0.6 is 0 Å². The standard InChI is InChI=1S/2C15H22O.C15H20O.2C15H22.C14H20O.C12H24.CH4/c1-11(2)15(12(3)4)10-16-9-13-7-5-6-8-14(13)15;1-11(2)15(12(3)4)9-10-16-14-8-6-5-7-13(14)15;1-10(2)15(11(3)4)9-14(16)12-7-5-6-8-13(12)15;1-11(2)15(12(3)4)9-13-7-5-6-8-14(13)10-15;1-11(2)15(12(3)4)10-9-13-7-5-6-8-14(13)15;1-10(2)14(11(3)4)9-15-13-8-6-5-7-12(13)14;1-10(2)12(11(3)4)8-6-5-7-9-12;/h2*5-8,11-12H,9-10H2,1-4H3;5-8,10-11H,9H2,1-4H3;2*5-8,11-12H,9-10H2,1-4H3;5-8,10-11H,9H2,1-4H3;10-11H,5-9H2,1-4H3;1H4. The molecule has 588 valence electrons. The fourth-order valence-corrected chi connectivity index (χ4v) is 22.3. The molecule has 13 rings (SSSR count). The van der Waals surface area contributed by atoms with Gasteiger partial charge in [-0.15, -0.1) is 0 Å². The van der Waals surface area contributed by atoms with Gasteiger partial charge in [-0.25, -0.2) is 0 Å². The van der Waals surface area contributed by atoms with Crippen LogP contribution in [0.4, 0.5) is 0 Å². The summed E-state index contributed by atoms with van der Waals surface area (Å²) in [6.07, 6.45) is 14.3. The fourth-order valence-electron chi connectivity index (χ4n) is 22.3. The van der Waals surface area contributed by atoms with E-state index in [2.05, 4.69) is 327 Å². The third-order valence-electron chi connectivity index (χ3n) is 29.5. The monoisotopic (exact) mass is 1450 g/mol. The zero-order valence-electron chi connectivity index (χ0n) is 72.2. The summed E-state index contributed by atoms with van der Waals surface area (Å²) in [7, 11) is 0. The third-order valence-corrected chi connectivity index (χ3v) is 29.5. The number of rotatable bonds is 14. The Labute approximate surface area is 652 Å². The highest BCUT2D eigenvalue weighted by Crippen LogP contribution is 2.55. The summed E-state index contributed by atoms with van der Waals surface area (Å²) in [5.74, 6) is 12.0. The summed E-state index contributed by atoms with van der Waals surface area (Å²) in [4.78, 5) is 12.1. The van der Waals surface area contributed by atoms with Gasteiger partial charge in [0.1, 0.15) is 11.5 Å². The van der Waals surface area contributed by atoms with Crippen LogP contribution in [0, 0.1) is 93.7 Å². The van der Waals surface area contributed by atoms with E-state index >= 15 is 0 Å². The topological polar surface area (TPSA) is 44.8 Å². The number of para-hydroxylation sites is 2. The van der Waals surface area contributed by atoms with Crippen molar-refractivity contribution in [3.8, 4) is 11.5 Å². The Morgan fingerprint density at radius 1 is 0.283 bits per heavy atom. The lowest BCUT2D eigenvalue weighted by molar-refractivity contribution is 0.00835. The van der Waals surface area contributed by atoms with Gasteiger partial charge in [0.15, 0.2) is 5.78 Å². The molecule has 3 heterocycles. The van der Waals surface area contributed by atoms with E-state index in [1.54, 1.807) is 22.3 Å². The first-order valence-electron chi connectivity index (χ1n) is 42.4. The molecule has 0 radical (unpaired) electrons. The van der Waals surface area contributed by atoms with Gasteiger partial charge in [0.05, 0.1) is 26.4 Å². The Bertz CT molecular complexity index is 3410. The third kappa shape index (κ3) is 17.8. The second-order valence-electron chi connectivity index (χ2n) is 37.8. The molecule has 0 atom stereocenters. The number of ether oxygens (including phenoxy) is 3. The Morgan fingerprint density at radius 3 is 1.05 bits per heavy atom. The van der Waals surface area contributed by atoms with E-state index < -0.39 is 0 Å². The Hall–Kier alpha value is -5.45. The maximum atomic E-state index is 12.1. The first-order valence-corrected chi connectivity index (χ1v) is 42.4. The molecular weight excluding hydrogens is 1290 g/mol. The molecule has 0 N–H and O–H groups in total. The summed E-state index contributed by atoms with van der Waals surface area (Å²) < 4.78 is 17.5. The number of Topliss-reactive ketones (excluding diaryl/α,β-unsaturated/α-hetero) is 1. The van der Waals surface area contributed by atoms with Gasteiger partial charge in [-0.2, -0.15) is 0 Å². The van der Waals surface area contributed by atoms with Gasteiger partial charge in [0, 0.05) is 50.2 Å². The van der Waals surface area contributed by atoms with Gasteiger partial charge >= 0.3 is 0 Å². The number of benzene rings is 6. The van der Waals surface area contributed by atoms with Crippen LogP contribution < -0.4 is 9.47 Å². The minimum atomic E-state index is 0. The zero-order valence-corrected chi connectivity index (χ0v) is 72.2. The van der Waals surface area contributed by atoms with Crippen LogP contribution in [0.3, 0.4) is 0 Å². The molecule has 3 aliphatic heterocycles. The van der Waals surface area contributed by atoms with Crippen LogP contribution in [-0.2, 0) is 57.7 Å². The first-order chi connectivity index (χ1) is 49.5. The molecule has 0 unspecified atom stereocenters. The molecule has 6 aromatic rings. The smallest absolute Gasteiger partial charge is 0.164 e. The summed E-state index contributed by atoms with van der Waals surface area (Å²) in [6.45, 7) is 68.7. The van der Waals surface area contributed by atoms with E-state index in [1.807, 2.05) is 12.1 Å². The maximum Gasteiger partial charge on any atom is 0.164 e. The molecule has 106 heavy (non-hydrogen) atoms. The van der Waals surface area contributed by atoms with E-state index in [-0.39, 0.29) is 29.1 Å². The highest BCUT2D eigenvalue weighted by molar-refractivity contribution is 6.02. The summed E-state index contributed by atoms with van der Waals surface area (Å²) in [5, 5.41) is 0. The average molecular weight is 1450 g/mol. The van der Waals surface area contributed by atoms with Gasteiger partial charge in [0.2, 0.25) is 0 Å². The zero-order chi connectivity index (χ0) is 77.8. The van der Waals surface area contributed by atoms with Gasteiger partial charge < -0.3 is 14.2 Å². The second kappa shape index (κ2) is 38.0. The lowest BCUT2D eigenvalue weighted by Gasteiger charge is -2.45. The highest BCUT2D eigenvalue weighted by atomic mass is 16.5.